The summed E-state index contributed by atoms with van der Waals surface area (Å²) in [5, 5.41) is 9.26. The van der Waals surface area contributed by atoms with Gasteiger partial charge < -0.3 is 14.7 Å². The van der Waals surface area contributed by atoms with E-state index in [4.69, 9.17) is 4.74 Å². The molecule has 0 unspecified atom stereocenters. The number of hydrogen-bond donors (Lipinski definition) is 1. The van der Waals surface area contributed by atoms with Crippen LogP contribution in [0, 0.1) is 0 Å². The average molecular weight is 327 g/mol. The van der Waals surface area contributed by atoms with Crippen molar-refractivity contribution in [3.63, 3.8) is 0 Å². The van der Waals surface area contributed by atoms with Crippen molar-refractivity contribution in [2.45, 2.75) is 32.1 Å². The van der Waals surface area contributed by atoms with E-state index in [1.165, 1.54) is 0 Å². The first kappa shape index (κ1) is 16.5. The summed E-state index contributed by atoms with van der Waals surface area (Å²) < 4.78 is 5.68. The molecule has 0 saturated carbocycles. The maximum Gasteiger partial charge on any atom is 0.272 e. The second-order valence-corrected chi connectivity index (χ2v) is 5.85. The van der Waals surface area contributed by atoms with E-state index in [0.717, 1.165) is 25.1 Å². The van der Waals surface area contributed by atoms with E-state index in [-0.39, 0.29) is 18.6 Å². The number of rotatable bonds is 6. The van der Waals surface area contributed by atoms with Crippen LogP contribution in [0.3, 0.4) is 0 Å². The van der Waals surface area contributed by atoms with Gasteiger partial charge in [-0.3, -0.25) is 14.8 Å². The Morgan fingerprint density at radius 2 is 2.21 bits per heavy atom. The highest BCUT2D eigenvalue weighted by molar-refractivity contribution is 5.92. The smallest absolute Gasteiger partial charge is 0.272 e. The van der Waals surface area contributed by atoms with Gasteiger partial charge in [0, 0.05) is 25.5 Å². The molecule has 6 nitrogen and oxygen atoms in total. The predicted octanol–water partition coefficient (Wildman–Crippen LogP) is 1.79. The number of ether oxygens (including phenoxy) is 1. The quantitative estimate of drug-likeness (QED) is 0.875. The maximum absolute atomic E-state index is 12.9. The number of hydrogen-bond acceptors (Lipinski definition) is 5. The first-order chi connectivity index (χ1) is 11.8. The third kappa shape index (κ3) is 4.15. The summed E-state index contributed by atoms with van der Waals surface area (Å²) in [7, 11) is 0. The van der Waals surface area contributed by atoms with Crippen LogP contribution in [0.1, 0.15) is 34.6 Å². The first-order valence-electron chi connectivity index (χ1n) is 8.13. The number of nitrogens with zero attached hydrogens (tertiary/aromatic N) is 3. The van der Waals surface area contributed by atoms with E-state index in [1.807, 2.05) is 18.2 Å². The van der Waals surface area contributed by atoms with Gasteiger partial charge in [0.25, 0.3) is 5.91 Å². The molecule has 126 valence electrons. The molecule has 1 amide bonds. The standard InChI is InChI=1S/C18H21N3O3/c22-13-14-6-8-20-17(10-14)18(23)21(12-16-5-3-9-24-16)11-15-4-1-2-7-19-15/h1-2,4,6-8,10,16,22H,3,5,9,11-13H2/t16-/m0/s1. The zero-order chi connectivity index (χ0) is 16.8. The molecule has 6 heteroatoms. The van der Waals surface area contributed by atoms with Gasteiger partial charge in [-0.05, 0) is 42.7 Å². The largest absolute Gasteiger partial charge is 0.392 e. The molecule has 0 aromatic carbocycles. The van der Waals surface area contributed by atoms with Gasteiger partial charge in [-0.1, -0.05) is 6.07 Å². The van der Waals surface area contributed by atoms with Gasteiger partial charge in [0.1, 0.15) is 5.69 Å². The first-order valence-corrected chi connectivity index (χ1v) is 8.13. The van der Waals surface area contributed by atoms with Gasteiger partial charge in [-0.2, -0.15) is 0 Å². The Morgan fingerprint density at radius 3 is 2.92 bits per heavy atom. The summed E-state index contributed by atoms with van der Waals surface area (Å²) in [5.41, 5.74) is 1.82. The molecule has 1 fully saturated rings. The molecule has 1 atom stereocenters. The van der Waals surface area contributed by atoms with E-state index in [0.29, 0.717) is 24.3 Å². The van der Waals surface area contributed by atoms with E-state index in [2.05, 4.69) is 9.97 Å². The molecule has 2 aromatic rings. The van der Waals surface area contributed by atoms with Gasteiger partial charge in [-0.25, -0.2) is 0 Å². The van der Waals surface area contributed by atoms with Gasteiger partial charge in [0.05, 0.1) is 24.9 Å². The van der Waals surface area contributed by atoms with Gasteiger partial charge in [-0.15, -0.1) is 0 Å². The fourth-order valence-electron chi connectivity index (χ4n) is 2.79. The highest BCUT2D eigenvalue weighted by atomic mass is 16.5. The Labute approximate surface area is 141 Å². The zero-order valence-electron chi connectivity index (χ0n) is 13.5. The minimum absolute atomic E-state index is 0.0543. The van der Waals surface area contributed by atoms with E-state index in [9.17, 15) is 9.90 Å². The molecule has 1 aliphatic heterocycles. The number of aromatic nitrogens is 2. The van der Waals surface area contributed by atoms with Crippen molar-refractivity contribution in [1.82, 2.24) is 14.9 Å². The molecular weight excluding hydrogens is 306 g/mol. The fraction of sp³-hybridized carbons (Fsp3) is 0.389. The minimum atomic E-state index is -0.175. The Bertz CT molecular complexity index is 672. The molecule has 24 heavy (non-hydrogen) atoms. The summed E-state index contributed by atoms with van der Waals surface area (Å²) in [6.45, 7) is 1.55. The Kier molecular flexibility index (Phi) is 5.51. The topological polar surface area (TPSA) is 75.5 Å². The van der Waals surface area contributed by atoms with Crippen molar-refractivity contribution in [3.8, 4) is 0 Å². The lowest BCUT2D eigenvalue weighted by Crippen LogP contribution is -2.37. The van der Waals surface area contributed by atoms with Crippen LogP contribution in [0.2, 0.25) is 0 Å². The van der Waals surface area contributed by atoms with Gasteiger partial charge in [0.2, 0.25) is 0 Å². The second-order valence-electron chi connectivity index (χ2n) is 5.85. The van der Waals surface area contributed by atoms with Crippen molar-refractivity contribution in [2.75, 3.05) is 13.2 Å². The Balaban J connectivity index is 1.80. The van der Waals surface area contributed by atoms with Crippen LogP contribution in [0.5, 0.6) is 0 Å². The third-order valence-electron chi connectivity index (χ3n) is 4.04. The summed E-state index contributed by atoms with van der Waals surface area (Å²) in [6.07, 6.45) is 5.29. The summed E-state index contributed by atoms with van der Waals surface area (Å²) in [4.78, 5) is 23.1. The molecule has 1 aliphatic rings. The molecule has 0 radical (unpaired) electrons. The molecule has 1 N–H and O–H groups in total. The van der Waals surface area contributed by atoms with Crippen molar-refractivity contribution in [2.24, 2.45) is 0 Å². The number of aliphatic hydroxyl groups is 1. The predicted molar refractivity (Wildman–Crippen MR) is 88.1 cm³/mol. The van der Waals surface area contributed by atoms with E-state index >= 15 is 0 Å². The van der Waals surface area contributed by atoms with Gasteiger partial charge >= 0.3 is 0 Å². The van der Waals surface area contributed by atoms with E-state index in [1.54, 1.807) is 29.4 Å². The van der Waals surface area contributed by atoms with Crippen LogP contribution in [0.25, 0.3) is 0 Å². The lowest BCUT2D eigenvalue weighted by atomic mass is 10.2. The van der Waals surface area contributed by atoms with Crippen LogP contribution < -0.4 is 0 Å². The molecule has 0 spiro atoms. The lowest BCUT2D eigenvalue weighted by Gasteiger charge is -2.25. The van der Waals surface area contributed by atoms with Crippen molar-refractivity contribution in [1.29, 1.82) is 0 Å². The molecule has 0 aliphatic carbocycles. The van der Waals surface area contributed by atoms with E-state index < -0.39 is 0 Å². The van der Waals surface area contributed by atoms with Crippen LogP contribution in [0.4, 0.5) is 0 Å². The van der Waals surface area contributed by atoms with Crippen LogP contribution in [-0.4, -0.2) is 45.1 Å². The highest BCUT2D eigenvalue weighted by Crippen LogP contribution is 2.16. The Morgan fingerprint density at radius 1 is 1.29 bits per heavy atom. The maximum atomic E-state index is 12.9. The van der Waals surface area contributed by atoms with Crippen molar-refractivity contribution < 1.29 is 14.6 Å². The molecule has 1 saturated heterocycles. The van der Waals surface area contributed by atoms with Crippen molar-refractivity contribution >= 4 is 5.91 Å². The van der Waals surface area contributed by atoms with Crippen LogP contribution in [-0.2, 0) is 17.9 Å². The Hall–Kier alpha value is -2.31. The highest BCUT2D eigenvalue weighted by Gasteiger charge is 2.24. The van der Waals surface area contributed by atoms with Crippen LogP contribution in [0.15, 0.2) is 42.7 Å². The number of carbonyl (C=O) groups is 1. The molecule has 0 bridgehead atoms. The summed E-state index contributed by atoms with van der Waals surface area (Å²) >= 11 is 0. The monoisotopic (exact) mass is 327 g/mol. The minimum Gasteiger partial charge on any atom is -0.392 e. The van der Waals surface area contributed by atoms with Crippen LogP contribution >= 0.6 is 0 Å². The van der Waals surface area contributed by atoms with Crippen molar-refractivity contribution in [3.05, 3.63) is 59.7 Å². The summed E-state index contributed by atoms with van der Waals surface area (Å²) in [5.74, 6) is -0.175. The second kappa shape index (κ2) is 7.99. The zero-order valence-corrected chi connectivity index (χ0v) is 13.5. The fourth-order valence-corrected chi connectivity index (χ4v) is 2.79. The number of amides is 1. The number of aliphatic hydroxyl groups excluding tert-OH is 1. The number of carbonyl (C=O) groups excluding carboxylic acids is 1. The molecule has 3 rings (SSSR count). The lowest BCUT2D eigenvalue weighted by molar-refractivity contribution is 0.0500. The average Bonchev–Trinajstić information content (AvgIpc) is 3.14. The normalized spacial score (nSPS) is 17.0. The number of pyridine rings is 2. The summed E-state index contributed by atoms with van der Waals surface area (Å²) in [6, 6.07) is 8.97. The molecule has 3 heterocycles. The molecular formula is C18H21N3O3. The van der Waals surface area contributed by atoms with Gasteiger partial charge in [0.15, 0.2) is 0 Å². The third-order valence-corrected chi connectivity index (χ3v) is 4.04. The molecule has 2 aromatic heterocycles. The SMILES string of the molecule is O=C(c1cc(CO)ccn1)N(Cc1ccccn1)C[C@@H]1CCCO1.